The highest BCUT2D eigenvalue weighted by molar-refractivity contribution is 9.10. The van der Waals surface area contributed by atoms with Crippen molar-refractivity contribution in [2.24, 2.45) is 0 Å². The maximum Gasteiger partial charge on any atom is 0.0638 e. The molecule has 4 heteroatoms. The second-order valence-corrected chi connectivity index (χ2v) is 6.24. The van der Waals surface area contributed by atoms with E-state index < -0.39 is 0 Å². The summed E-state index contributed by atoms with van der Waals surface area (Å²) in [6, 6.07) is 9.58. The maximum absolute atomic E-state index is 8.94. The number of benzene rings is 1. The van der Waals surface area contributed by atoms with Crippen molar-refractivity contribution in [1.82, 2.24) is 4.90 Å². The van der Waals surface area contributed by atoms with Gasteiger partial charge in [0.05, 0.1) is 12.5 Å². The number of piperazine rings is 1. The van der Waals surface area contributed by atoms with Gasteiger partial charge < -0.3 is 4.90 Å². The van der Waals surface area contributed by atoms with Crippen LogP contribution in [0.3, 0.4) is 0 Å². The molecule has 0 spiro atoms. The summed E-state index contributed by atoms with van der Waals surface area (Å²) in [5.74, 6) is 0. The van der Waals surface area contributed by atoms with E-state index in [0.29, 0.717) is 18.5 Å². The molecule has 1 heterocycles. The number of aryl methyl sites for hydroxylation is 1. The van der Waals surface area contributed by atoms with Crippen LogP contribution in [0, 0.1) is 18.3 Å². The Balaban J connectivity index is 2.22. The number of hydrogen-bond donors (Lipinski definition) is 0. The number of halogens is 1. The molecule has 19 heavy (non-hydrogen) atoms. The number of nitriles is 1. The van der Waals surface area contributed by atoms with Crippen LogP contribution < -0.4 is 4.90 Å². The Kier molecular flexibility index (Phi) is 4.49. The standard InChI is InChI=1S/C15H20BrN3/c1-11-8-13(4-5-15(11)16)19-10-14(6-7-17)18(3)9-12(19)2/h4-5,8,12,14H,6,9-10H2,1-3H3. The zero-order valence-electron chi connectivity index (χ0n) is 11.7. The zero-order chi connectivity index (χ0) is 14.0. The van der Waals surface area contributed by atoms with Crippen LogP contribution in [0.5, 0.6) is 0 Å². The lowest BCUT2D eigenvalue weighted by Crippen LogP contribution is -2.56. The number of nitrogens with zero attached hydrogens (tertiary/aromatic N) is 3. The van der Waals surface area contributed by atoms with Crippen LogP contribution in [0.25, 0.3) is 0 Å². The lowest BCUT2D eigenvalue weighted by Gasteiger charge is -2.44. The summed E-state index contributed by atoms with van der Waals surface area (Å²) in [5.41, 5.74) is 2.50. The molecule has 1 aliphatic rings. The molecule has 3 nitrogen and oxygen atoms in total. The Bertz CT molecular complexity index is 495. The van der Waals surface area contributed by atoms with E-state index >= 15 is 0 Å². The maximum atomic E-state index is 8.94. The van der Waals surface area contributed by atoms with Crippen LogP contribution in [0.2, 0.25) is 0 Å². The molecule has 102 valence electrons. The topological polar surface area (TPSA) is 30.3 Å². The average molecular weight is 322 g/mol. The molecule has 1 saturated heterocycles. The van der Waals surface area contributed by atoms with Crippen molar-refractivity contribution in [2.75, 3.05) is 25.0 Å². The van der Waals surface area contributed by atoms with E-state index in [0.717, 1.165) is 17.6 Å². The monoisotopic (exact) mass is 321 g/mol. The number of likely N-dealkylation sites (N-methyl/N-ethyl adjacent to an activating group) is 1. The molecule has 1 aliphatic heterocycles. The first-order valence-electron chi connectivity index (χ1n) is 6.63. The summed E-state index contributed by atoms with van der Waals surface area (Å²) in [7, 11) is 2.11. The van der Waals surface area contributed by atoms with Gasteiger partial charge in [-0.3, -0.25) is 4.90 Å². The smallest absolute Gasteiger partial charge is 0.0638 e. The van der Waals surface area contributed by atoms with E-state index in [1.807, 2.05) is 0 Å². The molecule has 0 amide bonds. The molecular formula is C15H20BrN3. The molecule has 2 unspecified atom stereocenters. The highest BCUT2D eigenvalue weighted by Crippen LogP contribution is 2.27. The van der Waals surface area contributed by atoms with E-state index in [1.165, 1.54) is 11.3 Å². The fourth-order valence-electron chi connectivity index (χ4n) is 2.70. The van der Waals surface area contributed by atoms with E-state index in [1.54, 1.807) is 0 Å². The summed E-state index contributed by atoms with van der Waals surface area (Å²) < 4.78 is 1.15. The molecular weight excluding hydrogens is 302 g/mol. The van der Waals surface area contributed by atoms with Crippen LogP contribution in [0.4, 0.5) is 5.69 Å². The Morgan fingerprint density at radius 2 is 2.16 bits per heavy atom. The van der Waals surface area contributed by atoms with Crippen molar-refractivity contribution >= 4 is 21.6 Å². The van der Waals surface area contributed by atoms with Crippen LogP contribution in [0.1, 0.15) is 18.9 Å². The highest BCUT2D eigenvalue weighted by Gasteiger charge is 2.29. The van der Waals surface area contributed by atoms with E-state index in [4.69, 9.17) is 5.26 Å². The number of rotatable bonds is 2. The zero-order valence-corrected chi connectivity index (χ0v) is 13.3. The van der Waals surface area contributed by atoms with Gasteiger partial charge in [-0.15, -0.1) is 0 Å². The average Bonchev–Trinajstić information content (AvgIpc) is 2.36. The van der Waals surface area contributed by atoms with Crippen molar-refractivity contribution in [1.29, 1.82) is 5.26 Å². The van der Waals surface area contributed by atoms with Crippen molar-refractivity contribution in [2.45, 2.75) is 32.4 Å². The Morgan fingerprint density at radius 3 is 2.79 bits per heavy atom. The summed E-state index contributed by atoms with van der Waals surface area (Å²) in [5, 5.41) is 8.94. The van der Waals surface area contributed by atoms with Gasteiger partial charge in [-0.05, 0) is 44.7 Å². The van der Waals surface area contributed by atoms with Crippen LogP contribution in [-0.2, 0) is 0 Å². The normalized spacial score (nSPS) is 24.3. The third-order valence-electron chi connectivity index (χ3n) is 3.92. The van der Waals surface area contributed by atoms with Crippen molar-refractivity contribution in [3.63, 3.8) is 0 Å². The molecule has 0 aromatic heterocycles. The SMILES string of the molecule is Cc1cc(N2CC(CC#N)N(C)CC2C)ccc1Br. The third kappa shape index (κ3) is 3.10. The van der Waals surface area contributed by atoms with Gasteiger partial charge in [0.1, 0.15) is 0 Å². The highest BCUT2D eigenvalue weighted by atomic mass is 79.9. The van der Waals surface area contributed by atoms with Gasteiger partial charge in [-0.2, -0.15) is 5.26 Å². The largest absolute Gasteiger partial charge is 0.366 e. The predicted molar refractivity (Wildman–Crippen MR) is 82.3 cm³/mol. The summed E-state index contributed by atoms with van der Waals surface area (Å²) in [6.45, 7) is 6.28. The Morgan fingerprint density at radius 1 is 1.42 bits per heavy atom. The first kappa shape index (κ1) is 14.4. The van der Waals surface area contributed by atoms with Crippen molar-refractivity contribution < 1.29 is 0 Å². The van der Waals surface area contributed by atoms with Gasteiger partial charge >= 0.3 is 0 Å². The first-order valence-corrected chi connectivity index (χ1v) is 7.42. The molecule has 2 atom stereocenters. The quantitative estimate of drug-likeness (QED) is 0.838. The van der Waals surface area contributed by atoms with E-state index in [-0.39, 0.29) is 0 Å². The molecule has 0 aliphatic carbocycles. The van der Waals surface area contributed by atoms with Crippen LogP contribution >= 0.6 is 15.9 Å². The van der Waals surface area contributed by atoms with E-state index in [2.05, 4.69) is 70.9 Å². The molecule has 0 radical (unpaired) electrons. The van der Waals surface area contributed by atoms with Gasteiger partial charge in [0, 0.05) is 35.3 Å². The first-order chi connectivity index (χ1) is 9.02. The molecule has 1 aromatic rings. The number of anilines is 1. The molecule has 1 fully saturated rings. The molecule has 2 rings (SSSR count). The fraction of sp³-hybridized carbons (Fsp3) is 0.533. The summed E-state index contributed by atoms with van der Waals surface area (Å²) in [4.78, 5) is 4.72. The van der Waals surface area contributed by atoms with Gasteiger partial charge in [0.15, 0.2) is 0 Å². The minimum Gasteiger partial charge on any atom is -0.366 e. The Hall–Kier alpha value is -1.05. The summed E-state index contributed by atoms with van der Waals surface area (Å²) >= 11 is 3.54. The van der Waals surface area contributed by atoms with Crippen molar-refractivity contribution in [3.8, 4) is 6.07 Å². The fourth-order valence-corrected chi connectivity index (χ4v) is 2.95. The lowest BCUT2D eigenvalue weighted by atomic mass is 10.0. The lowest BCUT2D eigenvalue weighted by molar-refractivity contribution is 0.194. The van der Waals surface area contributed by atoms with Crippen LogP contribution in [0.15, 0.2) is 22.7 Å². The number of hydrogen-bond acceptors (Lipinski definition) is 3. The molecule has 0 saturated carbocycles. The van der Waals surface area contributed by atoms with Crippen molar-refractivity contribution in [3.05, 3.63) is 28.2 Å². The van der Waals surface area contributed by atoms with Gasteiger partial charge in [0.25, 0.3) is 0 Å². The molecule has 0 bridgehead atoms. The van der Waals surface area contributed by atoms with Gasteiger partial charge in [-0.25, -0.2) is 0 Å². The van der Waals surface area contributed by atoms with Gasteiger partial charge in [-0.1, -0.05) is 15.9 Å². The summed E-state index contributed by atoms with van der Waals surface area (Å²) in [6.07, 6.45) is 0.592. The van der Waals surface area contributed by atoms with Crippen LogP contribution in [-0.4, -0.2) is 37.1 Å². The Labute approximate surface area is 123 Å². The molecule has 0 N–H and O–H groups in total. The second-order valence-electron chi connectivity index (χ2n) is 5.39. The second kappa shape index (κ2) is 5.94. The predicted octanol–water partition coefficient (Wildman–Crippen LogP) is 3.18. The van der Waals surface area contributed by atoms with E-state index in [9.17, 15) is 0 Å². The third-order valence-corrected chi connectivity index (χ3v) is 4.80. The minimum atomic E-state index is 0.324. The molecule has 1 aromatic carbocycles. The van der Waals surface area contributed by atoms with Gasteiger partial charge in [0.2, 0.25) is 0 Å². The minimum absolute atomic E-state index is 0.324.